The smallest absolute Gasteiger partial charge is 0.220 e. The fourth-order valence-electron chi connectivity index (χ4n) is 2.61. The zero-order valence-corrected chi connectivity index (χ0v) is 15.2. The quantitative estimate of drug-likeness (QED) is 0.805. The van der Waals surface area contributed by atoms with Crippen molar-refractivity contribution in [3.63, 3.8) is 0 Å². The first-order valence-electron chi connectivity index (χ1n) is 8.50. The number of amides is 1. The van der Waals surface area contributed by atoms with Crippen molar-refractivity contribution in [2.75, 3.05) is 0 Å². The van der Waals surface area contributed by atoms with Crippen LogP contribution in [0.2, 0.25) is 0 Å². The van der Waals surface area contributed by atoms with Crippen LogP contribution in [0, 0.1) is 11.6 Å². The Hall–Kier alpha value is -2.23. The molecule has 0 heterocycles. The third-order valence-electron chi connectivity index (χ3n) is 4.28. The van der Waals surface area contributed by atoms with Gasteiger partial charge >= 0.3 is 0 Å². The van der Waals surface area contributed by atoms with Crippen LogP contribution in [-0.4, -0.2) is 5.91 Å². The number of nitrogens with one attached hydrogen (secondary N) is 1. The van der Waals surface area contributed by atoms with Crippen LogP contribution in [0.4, 0.5) is 8.78 Å². The van der Waals surface area contributed by atoms with Crippen molar-refractivity contribution in [2.45, 2.75) is 52.0 Å². The van der Waals surface area contributed by atoms with Gasteiger partial charge in [0.1, 0.15) is 0 Å². The van der Waals surface area contributed by atoms with Crippen LogP contribution < -0.4 is 5.32 Å². The maximum absolute atomic E-state index is 13.3. The number of rotatable bonds is 5. The van der Waals surface area contributed by atoms with E-state index >= 15 is 0 Å². The van der Waals surface area contributed by atoms with E-state index in [1.165, 1.54) is 11.6 Å². The first-order valence-corrected chi connectivity index (χ1v) is 8.50. The molecule has 1 amide bonds. The van der Waals surface area contributed by atoms with Crippen molar-refractivity contribution < 1.29 is 13.6 Å². The summed E-state index contributed by atoms with van der Waals surface area (Å²) in [4.78, 5) is 12.1. The normalized spacial score (nSPS) is 12.7. The third-order valence-corrected chi connectivity index (χ3v) is 4.28. The molecule has 0 bridgehead atoms. The highest BCUT2D eigenvalue weighted by Gasteiger charge is 2.14. The number of halogens is 2. The number of aryl methyl sites for hydroxylation is 1. The van der Waals surface area contributed by atoms with E-state index in [4.69, 9.17) is 0 Å². The van der Waals surface area contributed by atoms with Crippen LogP contribution in [0.1, 0.15) is 56.8 Å². The topological polar surface area (TPSA) is 29.1 Å². The highest BCUT2D eigenvalue weighted by atomic mass is 19.2. The molecule has 1 atom stereocenters. The Morgan fingerprint density at radius 2 is 1.68 bits per heavy atom. The number of carbonyl (C=O) groups is 1. The second-order valence-corrected chi connectivity index (χ2v) is 7.41. The molecular formula is C21H25F2NO. The minimum absolute atomic E-state index is 0.107. The van der Waals surface area contributed by atoms with Gasteiger partial charge in [-0.3, -0.25) is 4.79 Å². The van der Waals surface area contributed by atoms with E-state index in [0.717, 1.165) is 17.7 Å². The van der Waals surface area contributed by atoms with Crippen molar-refractivity contribution in [2.24, 2.45) is 0 Å². The van der Waals surface area contributed by atoms with Crippen LogP contribution in [0.25, 0.3) is 0 Å². The summed E-state index contributed by atoms with van der Waals surface area (Å²) < 4.78 is 26.2. The number of hydrogen-bond donors (Lipinski definition) is 1. The summed E-state index contributed by atoms with van der Waals surface area (Å²) in [6, 6.07) is 11.6. The number of carbonyl (C=O) groups excluding carboxylic acids is 1. The van der Waals surface area contributed by atoms with E-state index in [2.05, 4.69) is 38.2 Å². The molecule has 0 saturated carbocycles. The lowest BCUT2D eigenvalue weighted by Gasteiger charge is -2.19. The van der Waals surface area contributed by atoms with Gasteiger partial charge in [0.05, 0.1) is 6.04 Å². The zero-order chi connectivity index (χ0) is 18.6. The second-order valence-electron chi connectivity index (χ2n) is 7.41. The summed E-state index contributed by atoms with van der Waals surface area (Å²) in [7, 11) is 0. The molecule has 2 nitrogen and oxygen atoms in total. The van der Waals surface area contributed by atoms with Gasteiger partial charge in [-0.2, -0.15) is 0 Å². The Bertz CT molecular complexity index is 733. The van der Waals surface area contributed by atoms with Gasteiger partial charge in [-0.05, 0) is 47.6 Å². The molecule has 0 aliphatic rings. The second kappa shape index (κ2) is 7.77. The molecule has 2 aromatic carbocycles. The maximum Gasteiger partial charge on any atom is 0.220 e. The lowest BCUT2D eigenvalue weighted by molar-refractivity contribution is -0.121. The lowest BCUT2D eigenvalue weighted by atomic mass is 9.86. The molecule has 4 heteroatoms. The molecule has 0 radical (unpaired) electrons. The highest BCUT2D eigenvalue weighted by molar-refractivity contribution is 5.76. The monoisotopic (exact) mass is 345 g/mol. The van der Waals surface area contributed by atoms with Crippen molar-refractivity contribution >= 4 is 5.91 Å². The molecule has 0 spiro atoms. The Morgan fingerprint density at radius 3 is 2.24 bits per heavy atom. The van der Waals surface area contributed by atoms with E-state index in [1.54, 1.807) is 6.92 Å². The predicted octanol–water partition coefficient (Wildman–Crippen LogP) is 5.07. The Morgan fingerprint density at radius 1 is 1.04 bits per heavy atom. The van der Waals surface area contributed by atoms with Crippen LogP contribution >= 0.6 is 0 Å². The average Bonchev–Trinajstić information content (AvgIpc) is 2.55. The largest absolute Gasteiger partial charge is 0.350 e. The van der Waals surface area contributed by atoms with Crippen LogP contribution in [0.5, 0.6) is 0 Å². The molecule has 0 aromatic heterocycles. The van der Waals surface area contributed by atoms with Crippen LogP contribution in [0.15, 0.2) is 42.5 Å². The van der Waals surface area contributed by atoms with E-state index < -0.39 is 11.6 Å². The number of hydrogen-bond acceptors (Lipinski definition) is 1. The first-order chi connectivity index (χ1) is 11.7. The standard InChI is InChI=1S/C21H25F2NO/c1-14(16-8-11-18(22)19(23)13-16)24-20(25)12-7-15-5-9-17(10-6-15)21(2,3)4/h5-6,8-11,13-14H,7,12H2,1-4H3,(H,24,25)/t14-/m1/s1. The summed E-state index contributed by atoms with van der Waals surface area (Å²) in [5.74, 6) is -1.91. The molecule has 0 saturated heterocycles. The fourth-order valence-corrected chi connectivity index (χ4v) is 2.61. The Balaban J connectivity index is 1.88. The van der Waals surface area contributed by atoms with E-state index in [1.807, 2.05) is 12.1 Å². The molecule has 0 fully saturated rings. The van der Waals surface area contributed by atoms with Crippen LogP contribution in [0.3, 0.4) is 0 Å². The third kappa shape index (κ3) is 5.38. The van der Waals surface area contributed by atoms with Crippen molar-refractivity contribution in [3.05, 3.63) is 70.8 Å². The average molecular weight is 345 g/mol. The summed E-state index contributed by atoms with van der Waals surface area (Å²) in [6.45, 7) is 8.24. The molecule has 0 aliphatic carbocycles. The molecule has 1 N–H and O–H groups in total. The fraction of sp³-hybridized carbons (Fsp3) is 0.381. The molecule has 0 aliphatic heterocycles. The molecule has 134 valence electrons. The molecule has 25 heavy (non-hydrogen) atoms. The number of benzene rings is 2. The summed E-state index contributed by atoms with van der Waals surface area (Å²) >= 11 is 0. The van der Waals surface area contributed by atoms with Gasteiger partial charge < -0.3 is 5.32 Å². The minimum Gasteiger partial charge on any atom is -0.350 e. The van der Waals surface area contributed by atoms with Gasteiger partial charge in [-0.15, -0.1) is 0 Å². The van der Waals surface area contributed by atoms with E-state index in [0.29, 0.717) is 18.4 Å². The Kier molecular flexibility index (Phi) is 5.93. The van der Waals surface area contributed by atoms with Gasteiger partial charge in [0.15, 0.2) is 11.6 Å². The first kappa shape index (κ1) is 19.1. The van der Waals surface area contributed by atoms with Gasteiger partial charge in [0.2, 0.25) is 5.91 Å². The molecular weight excluding hydrogens is 320 g/mol. The van der Waals surface area contributed by atoms with Crippen molar-refractivity contribution in [1.82, 2.24) is 5.32 Å². The summed E-state index contributed by atoms with van der Waals surface area (Å²) in [5, 5.41) is 2.82. The lowest BCUT2D eigenvalue weighted by Crippen LogP contribution is -2.27. The van der Waals surface area contributed by atoms with E-state index in [9.17, 15) is 13.6 Å². The van der Waals surface area contributed by atoms with Gasteiger partial charge in [-0.25, -0.2) is 8.78 Å². The van der Waals surface area contributed by atoms with Crippen molar-refractivity contribution in [1.29, 1.82) is 0 Å². The van der Waals surface area contributed by atoms with Gasteiger partial charge in [-0.1, -0.05) is 51.1 Å². The summed E-state index contributed by atoms with van der Waals surface area (Å²) in [5.41, 5.74) is 3.01. The van der Waals surface area contributed by atoms with Crippen LogP contribution in [-0.2, 0) is 16.6 Å². The molecule has 0 unspecified atom stereocenters. The van der Waals surface area contributed by atoms with Crippen molar-refractivity contribution in [3.8, 4) is 0 Å². The predicted molar refractivity (Wildman–Crippen MR) is 96.4 cm³/mol. The Labute approximate surface area is 148 Å². The SMILES string of the molecule is C[C@@H](NC(=O)CCc1ccc(C(C)(C)C)cc1)c1ccc(F)c(F)c1. The van der Waals surface area contributed by atoms with E-state index in [-0.39, 0.29) is 17.4 Å². The highest BCUT2D eigenvalue weighted by Crippen LogP contribution is 2.22. The van der Waals surface area contributed by atoms with Gasteiger partial charge in [0, 0.05) is 6.42 Å². The molecule has 2 aromatic rings. The van der Waals surface area contributed by atoms with Gasteiger partial charge in [0.25, 0.3) is 0 Å². The molecule has 2 rings (SSSR count). The zero-order valence-electron chi connectivity index (χ0n) is 15.2. The minimum atomic E-state index is -0.905. The summed E-state index contributed by atoms with van der Waals surface area (Å²) in [6.07, 6.45) is 0.990. The maximum atomic E-state index is 13.3.